The zero-order chi connectivity index (χ0) is 17.2. The Balaban J connectivity index is 2.47. The molecular weight excluding hydrogens is 389 g/mol. The fourth-order valence-corrected chi connectivity index (χ4v) is 4.17. The molecule has 9 heteroatoms. The van der Waals surface area contributed by atoms with Crippen molar-refractivity contribution in [2.24, 2.45) is 0 Å². The van der Waals surface area contributed by atoms with Crippen LogP contribution in [0.4, 0.5) is 9.18 Å². The average Bonchev–Trinajstić information content (AvgIpc) is 2.91. The molecule has 124 valence electrons. The van der Waals surface area contributed by atoms with Crippen LogP contribution in [0.1, 0.15) is 13.8 Å². The third-order valence-corrected chi connectivity index (χ3v) is 5.76. The van der Waals surface area contributed by atoms with Crippen molar-refractivity contribution in [3.05, 3.63) is 40.8 Å². The van der Waals surface area contributed by atoms with Gasteiger partial charge >= 0.3 is 6.03 Å². The third-order valence-electron chi connectivity index (χ3n) is 3.23. The number of carbonyl (C=O) groups is 1. The first-order valence-electron chi connectivity index (χ1n) is 6.86. The first-order chi connectivity index (χ1) is 10.8. The van der Waals surface area contributed by atoms with Crippen LogP contribution in [-0.2, 0) is 9.84 Å². The topological polar surface area (TPSA) is 72.3 Å². The molecule has 0 saturated heterocycles. The van der Waals surface area contributed by atoms with Gasteiger partial charge in [0.1, 0.15) is 5.82 Å². The zero-order valence-electron chi connectivity index (χ0n) is 12.5. The third kappa shape index (κ3) is 3.45. The molecule has 1 aromatic carbocycles. The number of amides is 1. The van der Waals surface area contributed by atoms with E-state index in [1.165, 1.54) is 23.2 Å². The summed E-state index contributed by atoms with van der Waals surface area (Å²) in [5.74, 6) is -0.666. The summed E-state index contributed by atoms with van der Waals surface area (Å²) in [4.78, 5) is 13.5. The molecule has 0 aliphatic rings. The number of aromatic nitrogens is 2. The maximum absolute atomic E-state index is 13.3. The van der Waals surface area contributed by atoms with Crippen LogP contribution in [0.15, 0.2) is 44.9 Å². The predicted octanol–water partition coefficient (Wildman–Crippen LogP) is 2.93. The van der Waals surface area contributed by atoms with Gasteiger partial charge in [0.25, 0.3) is 0 Å². The number of hydrogen-bond donors (Lipinski definition) is 0. The summed E-state index contributed by atoms with van der Waals surface area (Å²) in [7, 11) is -4.03. The van der Waals surface area contributed by atoms with Gasteiger partial charge in [-0.3, -0.25) is 0 Å². The largest absolute Gasteiger partial charge is 0.344 e. The lowest BCUT2D eigenvalue weighted by Crippen LogP contribution is -2.34. The maximum atomic E-state index is 13.3. The zero-order valence-corrected chi connectivity index (χ0v) is 14.9. The molecule has 1 aromatic heterocycles. The number of benzene rings is 1. The Hall–Kier alpha value is -1.74. The van der Waals surface area contributed by atoms with Crippen LogP contribution in [0.3, 0.4) is 0 Å². The molecule has 0 atom stereocenters. The monoisotopic (exact) mass is 403 g/mol. The molecule has 0 saturated carbocycles. The summed E-state index contributed by atoms with van der Waals surface area (Å²) in [6, 6.07) is 4.20. The standard InChI is InChI=1S/C14H15BrFN3O3S/c1-3-18(4-2)14(20)19-9-12(15)13(17-19)23(21,22)11-7-5-6-10(16)8-11/h5-9H,3-4H2,1-2H3. The lowest BCUT2D eigenvalue weighted by molar-refractivity contribution is 0.201. The molecule has 0 bridgehead atoms. The Labute approximate surface area is 142 Å². The summed E-state index contributed by atoms with van der Waals surface area (Å²) in [6.07, 6.45) is 1.28. The SMILES string of the molecule is CCN(CC)C(=O)n1cc(Br)c(S(=O)(=O)c2cccc(F)c2)n1. The maximum Gasteiger partial charge on any atom is 0.344 e. The summed E-state index contributed by atoms with van der Waals surface area (Å²) < 4.78 is 39.5. The molecule has 0 aliphatic carbocycles. The molecule has 0 unspecified atom stereocenters. The second-order valence-electron chi connectivity index (χ2n) is 4.64. The molecule has 6 nitrogen and oxygen atoms in total. The van der Waals surface area contributed by atoms with E-state index >= 15 is 0 Å². The highest BCUT2D eigenvalue weighted by Crippen LogP contribution is 2.27. The molecule has 0 radical (unpaired) electrons. The van der Waals surface area contributed by atoms with Crippen molar-refractivity contribution in [1.82, 2.24) is 14.7 Å². The molecule has 0 fully saturated rings. The van der Waals surface area contributed by atoms with E-state index in [-0.39, 0.29) is 14.4 Å². The van der Waals surface area contributed by atoms with E-state index in [1.54, 1.807) is 0 Å². The molecule has 1 amide bonds. The number of nitrogens with zero attached hydrogens (tertiary/aromatic N) is 3. The van der Waals surface area contributed by atoms with E-state index in [1.807, 2.05) is 13.8 Å². The van der Waals surface area contributed by atoms with E-state index in [0.29, 0.717) is 13.1 Å². The van der Waals surface area contributed by atoms with Crippen molar-refractivity contribution >= 4 is 31.8 Å². The summed E-state index contributed by atoms with van der Waals surface area (Å²) in [5, 5.41) is 3.54. The fraction of sp³-hybridized carbons (Fsp3) is 0.286. The molecule has 0 spiro atoms. The molecule has 2 aromatic rings. The molecular formula is C14H15BrFN3O3S. The van der Waals surface area contributed by atoms with Gasteiger partial charge in [-0.05, 0) is 48.0 Å². The average molecular weight is 404 g/mol. The minimum Gasteiger partial charge on any atom is -0.323 e. The van der Waals surface area contributed by atoms with Gasteiger partial charge in [0, 0.05) is 13.1 Å². The van der Waals surface area contributed by atoms with E-state index in [4.69, 9.17) is 0 Å². The lowest BCUT2D eigenvalue weighted by atomic mass is 10.4. The van der Waals surface area contributed by atoms with Gasteiger partial charge in [-0.1, -0.05) is 6.07 Å². The minimum absolute atomic E-state index is 0.141. The van der Waals surface area contributed by atoms with Gasteiger partial charge in [0.2, 0.25) is 9.84 Å². The first kappa shape index (κ1) is 17.6. The Kier molecular flexibility index (Phi) is 5.20. The minimum atomic E-state index is -4.03. The van der Waals surface area contributed by atoms with Crippen LogP contribution in [-0.4, -0.2) is 42.2 Å². The smallest absolute Gasteiger partial charge is 0.323 e. The van der Waals surface area contributed by atoms with Crippen LogP contribution in [0.5, 0.6) is 0 Å². The number of sulfone groups is 1. The fourth-order valence-electron chi connectivity index (χ4n) is 2.00. The quantitative estimate of drug-likeness (QED) is 0.786. The number of halogens is 2. The number of rotatable bonds is 4. The molecule has 23 heavy (non-hydrogen) atoms. The Morgan fingerprint density at radius 2 is 2.00 bits per heavy atom. The van der Waals surface area contributed by atoms with E-state index in [9.17, 15) is 17.6 Å². The Morgan fingerprint density at radius 1 is 1.35 bits per heavy atom. The van der Waals surface area contributed by atoms with E-state index < -0.39 is 21.7 Å². The van der Waals surface area contributed by atoms with E-state index in [2.05, 4.69) is 21.0 Å². The van der Waals surface area contributed by atoms with Gasteiger partial charge in [0.15, 0.2) is 5.03 Å². The van der Waals surface area contributed by atoms with Crippen molar-refractivity contribution < 1.29 is 17.6 Å². The highest BCUT2D eigenvalue weighted by molar-refractivity contribution is 9.10. The summed E-state index contributed by atoms with van der Waals surface area (Å²) in [5.41, 5.74) is 0. The normalized spacial score (nSPS) is 11.5. The van der Waals surface area contributed by atoms with Crippen LogP contribution in [0.2, 0.25) is 0 Å². The van der Waals surface area contributed by atoms with E-state index in [0.717, 1.165) is 16.8 Å². The Bertz CT molecular complexity index is 832. The van der Waals surface area contributed by atoms with Gasteiger partial charge in [-0.2, -0.15) is 9.78 Å². The van der Waals surface area contributed by atoms with Gasteiger partial charge in [-0.15, -0.1) is 0 Å². The van der Waals surface area contributed by atoms with Crippen LogP contribution in [0.25, 0.3) is 0 Å². The molecule has 0 aliphatic heterocycles. The van der Waals surface area contributed by atoms with Gasteiger partial charge in [0.05, 0.1) is 15.6 Å². The molecule has 0 N–H and O–H groups in total. The highest BCUT2D eigenvalue weighted by Gasteiger charge is 2.27. The predicted molar refractivity (Wildman–Crippen MR) is 85.5 cm³/mol. The van der Waals surface area contributed by atoms with Crippen LogP contribution >= 0.6 is 15.9 Å². The van der Waals surface area contributed by atoms with Crippen LogP contribution < -0.4 is 0 Å². The molecule has 1 heterocycles. The first-order valence-corrected chi connectivity index (χ1v) is 9.14. The van der Waals surface area contributed by atoms with Crippen molar-refractivity contribution in [2.75, 3.05) is 13.1 Å². The second-order valence-corrected chi connectivity index (χ2v) is 7.36. The summed E-state index contributed by atoms with van der Waals surface area (Å²) in [6.45, 7) is 4.56. The number of carbonyl (C=O) groups excluding carboxylic acids is 1. The second kappa shape index (κ2) is 6.79. The van der Waals surface area contributed by atoms with Crippen molar-refractivity contribution in [3.63, 3.8) is 0 Å². The van der Waals surface area contributed by atoms with Gasteiger partial charge < -0.3 is 4.90 Å². The van der Waals surface area contributed by atoms with Crippen molar-refractivity contribution in [3.8, 4) is 0 Å². The Morgan fingerprint density at radius 3 is 2.57 bits per heavy atom. The van der Waals surface area contributed by atoms with Crippen molar-refractivity contribution in [2.45, 2.75) is 23.8 Å². The van der Waals surface area contributed by atoms with Gasteiger partial charge in [-0.25, -0.2) is 17.6 Å². The summed E-state index contributed by atoms with van der Waals surface area (Å²) >= 11 is 3.10. The highest BCUT2D eigenvalue weighted by atomic mass is 79.9. The van der Waals surface area contributed by atoms with Crippen molar-refractivity contribution in [1.29, 1.82) is 0 Å². The lowest BCUT2D eigenvalue weighted by Gasteiger charge is -2.17. The molecule has 2 rings (SSSR count). The number of hydrogen-bond acceptors (Lipinski definition) is 4. The van der Waals surface area contributed by atoms with Crippen LogP contribution in [0, 0.1) is 5.82 Å².